The molecule has 0 aromatic heterocycles. The van der Waals surface area contributed by atoms with E-state index in [1.807, 2.05) is 18.2 Å². The molecule has 1 saturated carbocycles. The normalized spacial score (nSPS) is 17.5. The first kappa shape index (κ1) is 16.3. The number of benzene rings is 1. The third kappa shape index (κ3) is 6.06. The highest BCUT2D eigenvalue weighted by Gasteiger charge is 2.24. The Bertz CT molecular complexity index is 417. The van der Waals surface area contributed by atoms with E-state index < -0.39 is 6.10 Å². The number of hydrogen-bond acceptors (Lipinski definition) is 3. The van der Waals surface area contributed by atoms with Gasteiger partial charge in [-0.2, -0.15) is 0 Å². The molecule has 0 radical (unpaired) electrons. The minimum absolute atomic E-state index is 0.347. The number of aliphatic hydroxyl groups excluding tert-OH is 1. The summed E-state index contributed by atoms with van der Waals surface area (Å²) >= 11 is 0. The Morgan fingerprint density at radius 2 is 2.14 bits per heavy atom. The first-order chi connectivity index (χ1) is 10.2. The Labute approximate surface area is 128 Å². The summed E-state index contributed by atoms with van der Waals surface area (Å²) in [6, 6.07) is 8.62. The summed E-state index contributed by atoms with van der Waals surface area (Å²) in [6.45, 7) is 5.29. The standard InChI is InChI=1S/C18H29NO2/c1-3-14-6-5-7-18(11-14)21-13-17(20)12-19-16(4-2)10-15-8-9-15/h5-7,11,15-17,19-20H,3-4,8-10,12-13H2,1-2H3. The molecule has 1 fully saturated rings. The van der Waals surface area contributed by atoms with Crippen molar-refractivity contribution in [1.29, 1.82) is 0 Å². The Morgan fingerprint density at radius 3 is 2.81 bits per heavy atom. The molecule has 1 aromatic rings. The summed E-state index contributed by atoms with van der Waals surface area (Å²) in [5, 5.41) is 13.5. The second kappa shape index (κ2) is 8.40. The molecule has 0 aliphatic heterocycles. The van der Waals surface area contributed by atoms with Crippen molar-refractivity contribution in [2.24, 2.45) is 5.92 Å². The molecule has 1 aliphatic carbocycles. The molecule has 0 amide bonds. The van der Waals surface area contributed by atoms with Crippen molar-refractivity contribution < 1.29 is 9.84 Å². The molecule has 2 rings (SSSR count). The maximum atomic E-state index is 10.0. The van der Waals surface area contributed by atoms with Crippen molar-refractivity contribution in [3.63, 3.8) is 0 Å². The van der Waals surface area contributed by atoms with E-state index in [1.54, 1.807) is 0 Å². The third-order valence-corrected chi connectivity index (χ3v) is 4.20. The number of nitrogens with one attached hydrogen (secondary N) is 1. The summed E-state index contributed by atoms with van der Waals surface area (Å²) in [5.74, 6) is 1.77. The van der Waals surface area contributed by atoms with Gasteiger partial charge >= 0.3 is 0 Å². The van der Waals surface area contributed by atoms with Crippen LogP contribution in [0.25, 0.3) is 0 Å². The zero-order valence-electron chi connectivity index (χ0n) is 13.3. The van der Waals surface area contributed by atoms with Gasteiger partial charge in [0, 0.05) is 12.6 Å². The number of hydrogen-bond donors (Lipinski definition) is 2. The van der Waals surface area contributed by atoms with Crippen LogP contribution in [0.5, 0.6) is 5.75 Å². The summed E-state index contributed by atoms with van der Waals surface area (Å²) in [6.07, 6.45) is 5.70. The predicted octanol–water partition coefficient (Wildman–Crippen LogP) is 3.16. The van der Waals surface area contributed by atoms with Crippen LogP contribution in [0.4, 0.5) is 0 Å². The number of aryl methyl sites for hydroxylation is 1. The molecule has 1 aromatic carbocycles. The zero-order valence-corrected chi connectivity index (χ0v) is 13.3. The highest BCUT2D eigenvalue weighted by atomic mass is 16.5. The fourth-order valence-electron chi connectivity index (χ4n) is 2.56. The Balaban J connectivity index is 1.67. The Hall–Kier alpha value is -1.06. The van der Waals surface area contributed by atoms with Crippen LogP contribution in [0.3, 0.4) is 0 Å². The molecule has 0 spiro atoms. The lowest BCUT2D eigenvalue weighted by Gasteiger charge is -2.19. The lowest BCUT2D eigenvalue weighted by Crippen LogP contribution is -2.38. The first-order valence-electron chi connectivity index (χ1n) is 8.34. The molecule has 3 heteroatoms. The van der Waals surface area contributed by atoms with Gasteiger partial charge in [-0.05, 0) is 42.9 Å². The Morgan fingerprint density at radius 1 is 1.33 bits per heavy atom. The summed E-state index contributed by atoms with van der Waals surface area (Å²) in [7, 11) is 0. The average Bonchev–Trinajstić information content (AvgIpc) is 3.33. The highest BCUT2D eigenvalue weighted by molar-refractivity contribution is 5.28. The van der Waals surface area contributed by atoms with Crippen LogP contribution in [0.15, 0.2) is 24.3 Å². The molecule has 2 unspecified atom stereocenters. The summed E-state index contributed by atoms with van der Waals surface area (Å²) in [4.78, 5) is 0. The summed E-state index contributed by atoms with van der Waals surface area (Å²) < 4.78 is 5.68. The molecule has 0 bridgehead atoms. The number of ether oxygens (including phenoxy) is 1. The van der Waals surface area contributed by atoms with Crippen LogP contribution >= 0.6 is 0 Å². The van der Waals surface area contributed by atoms with Crippen molar-refractivity contribution >= 4 is 0 Å². The predicted molar refractivity (Wildman–Crippen MR) is 86.7 cm³/mol. The van der Waals surface area contributed by atoms with Crippen LogP contribution in [-0.4, -0.2) is 30.4 Å². The van der Waals surface area contributed by atoms with Crippen LogP contribution in [-0.2, 0) is 6.42 Å². The summed E-state index contributed by atoms with van der Waals surface area (Å²) in [5.41, 5.74) is 1.26. The minimum atomic E-state index is -0.455. The molecule has 0 saturated heterocycles. The van der Waals surface area contributed by atoms with Gasteiger partial charge in [0.05, 0.1) is 0 Å². The zero-order chi connectivity index (χ0) is 15.1. The molecule has 2 atom stereocenters. The van der Waals surface area contributed by atoms with Gasteiger partial charge in [-0.3, -0.25) is 0 Å². The molecule has 1 aliphatic rings. The van der Waals surface area contributed by atoms with Gasteiger partial charge in [-0.15, -0.1) is 0 Å². The smallest absolute Gasteiger partial charge is 0.119 e. The molecular formula is C18H29NO2. The second-order valence-corrected chi connectivity index (χ2v) is 6.16. The average molecular weight is 291 g/mol. The van der Waals surface area contributed by atoms with E-state index in [0.29, 0.717) is 19.2 Å². The Kier molecular flexibility index (Phi) is 6.52. The van der Waals surface area contributed by atoms with Gasteiger partial charge in [0.25, 0.3) is 0 Å². The lowest BCUT2D eigenvalue weighted by molar-refractivity contribution is 0.103. The van der Waals surface area contributed by atoms with Crippen LogP contribution in [0, 0.1) is 5.92 Å². The van der Waals surface area contributed by atoms with E-state index in [9.17, 15) is 5.11 Å². The fraction of sp³-hybridized carbons (Fsp3) is 0.667. The SMILES string of the molecule is CCc1cccc(OCC(O)CNC(CC)CC2CC2)c1. The third-order valence-electron chi connectivity index (χ3n) is 4.20. The molecule has 3 nitrogen and oxygen atoms in total. The quantitative estimate of drug-likeness (QED) is 0.696. The van der Waals surface area contributed by atoms with E-state index in [4.69, 9.17) is 4.74 Å². The van der Waals surface area contributed by atoms with E-state index in [0.717, 1.165) is 24.5 Å². The van der Waals surface area contributed by atoms with Gasteiger partial charge in [0.15, 0.2) is 0 Å². The minimum Gasteiger partial charge on any atom is -0.491 e. The van der Waals surface area contributed by atoms with Crippen molar-refractivity contribution in [2.45, 2.75) is 58.1 Å². The molecule has 118 valence electrons. The van der Waals surface area contributed by atoms with E-state index in [2.05, 4.69) is 25.2 Å². The highest BCUT2D eigenvalue weighted by Crippen LogP contribution is 2.33. The van der Waals surface area contributed by atoms with E-state index >= 15 is 0 Å². The van der Waals surface area contributed by atoms with E-state index in [-0.39, 0.29) is 0 Å². The van der Waals surface area contributed by atoms with Gasteiger partial charge < -0.3 is 15.2 Å². The van der Waals surface area contributed by atoms with Gasteiger partial charge in [-0.25, -0.2) is 0 Å². The van der Waals surface area contributed by atoms with Gasteiger partial charge in [-0.1, -0.05) is 38.8 Å². The monoisotopic (exact) mass is 291 g/mol. The van der Waals surface area contributed by atoms with Crippen molar-refractivity contribution in [3.8, 4) is 5.75 Å². The van der Waals surface area contributed by atoms with E-state index in [1.165, 1.54) is 24.8 Å². The van der Waals surface area contributed by atoms with Crippen LogP contribution in [0.2, 0.25) is 0 Å². The number of rotatable bonds is 10. The molecular weight excluding hydrogens is 262 g/mol. The van der Waals surface area contributed by atoms with Crippen LogP contribution < -0.4 is 10.1 Å². The molecule has 21 heavy (non-hydrogen) atoms. The number of aliphatic hydroxyl groups is 1. The maximum Gasteiger partial charge on any atom is 0.119 e. The maximum absolute atomic E-state index is 10.0. The van der Waals surface area contributed by atoms with Crippen molar-refractivity contribution in [2.75, 3.05) is 13.2 Å². The van der Waals surface area contributed by atoms with Crippen LogP contribution in [0.1, 0.15) is 45.1 Å². The first-order valence-corrected chi connectivity index (χ1v) is 8.34. The van der Waals surface area contributed by atoms with Gasteiger partial charge in [0.1, 0.15) is 18.5 Å². The molecule has 0 heterocycles. The molecule has 2 N–H and O–H groups in total. The van der Waals surface area contributed by atoms with Crippen molar-refractivity contribution in [3.05, 3.63) is 29.8 Å². The topological polar surface area (TPSA) is 41.5 Å². The largest absolute Gasteiger partial charge is 0.491 e. The fourth-order valence-corrected chi connectivity index (χ4v) is 2.56. The second-order valence-electron chi connectivity index (χ2n) is 6.16. The van der Waals surface area contributed by atoms with Crippen molar-refractivity contribution in [1.82, 2.24) is 5.32 Å². The lowest BCUT2D eigenvalue weighted by atomic mass is 10.1. The van der Waals surface area contributed by atoms with Gasteiger partial charge in [0.2, 0.25) is 0 Å².